The Morgan fingerprint density at radius 3 is 2.71 bits per heavy atom. The van der Waals surface area contributed by atoms with Crippen LogP contribution in [0.4, 0.5) is 4.39 Å². The van der Waals surface area contributed by atoms with E-state index in [0.717, 1.165) is 6.07 Å². The number of aromatic hydroxyl groups is 1. The molecule has 0 saturated heterocycles. The van der Waals surface area contributed by atoms with Gasteiger partial charge in [0, 0.05) is 5.56 Å². The van der Waals surface area contributed by atoms with Gasteiger partial charge in [0.05, 0.1) is 10.9 Å². The topological polar surface area (TPSA) is 57.5 Å². The molecular weight excluding hydrogens is 255 g/mol. The molecule has 0 saturated carbocycles. The Kier molecular flexibility index (Phi) is 3.10. The van der Waals surface area contributed by atoms with Crippen molar-refractivity contribution in [3.63, 3.8) is 0 Å². The van der Waals surface area contributed by atoms with Crippen molar-refractivity contribution in [3.8, 4) is 5.75 Å². The van der Waals surface area contributed by atoms with E-state index >= 15 is 0 Å². The molecule has 0 atom stereocenters. The molecule has 1 aromatic carbocycles. The average molecular weight is 263 g/mol. The first-order valence-electron chi connectivity index (χ1n) is 3.81. The second kappa shape index (κ2) is 3.96. The zero-order chi connectivity index (χ0) is 10.9. The van der Waals surface area contributed by atoms with Crippen LogP contribution in [-0.4, -0.2) is 16.2 Å². The van der Waals surface area contributed by atoms with Gasteiger partial charge in [-0.3, -0.25) is 4.79 Å². The molecule has 1 rings (SSSR count). The van der Waals surface area contributed by atoms with Gasteiger partial charge >= 0.3 is 5.97 Å². The highest BCUT2D eigenvalue weighted by molar-refractivity contribution is 9.10. The lowest BCUT2D eigenvalue weighted by Gasteiger charge is -2.08. The smallest absolute Gasteiger partial charge is 0.307 e. The summed E-state index contributed by atoms with van der Waals surface area (Å²) in [6, 6.07) is 1.11. The second-order valence-corrected chi connectivity index (χ2v) is 3.72. The van der Waals surface area contributed by atoms with Gasteiger partial charge in [0.15, 0.2) is 0 Å². The van der Waals surface area contributed by atoms with E-state index in [1.165, 1.54) is 6.92 Å². The van der Waals surface area contributed by atoms with Crippen molar-refractivity contribution in [1.29, 1.82) is 0 Å². The summed E-state index contributed by atoms with van der Waals surface area (Å²) in [6.45, 7) is 1.43. The molecule has 0 fully saturated rings. The summed E-state index contributed by atoms with van der Waals surface area (Å²) < 4.78 is 13.3. The predicted molar refractivity (Wildman–Crippen MR) is 51.8 cm³/mol. The molecule has 0 spiro atoms. The Morgan fingerprint density at radius 2 is 2.21 bits per heavy atom. The lowest BCUT2D eigenvalue weighted by Crippen LogP contribution is -2.04. The number of rotatable bonds is 2. The number of benzene rings is 1. The fourth-order valence-electron chi connectivity index (χ4n) is 1.12. The molecule has 2 N–H and O–H groups in total. The Balaban J connectivity index is 3.31. The van der Waals surface area contributed by atoms with Crippen molar-refractivity contribution in [3.05, 3.63) is 27.5 Å². The Morgan fingerprint density at radius 1 is 1.64 bits per heavy atom. The van der Waals surface area contributed by atoms with Crippen LogP contribution in [0.2, 0.25) is 0 Å². The molecule has 0 aromatic heterocycles. The molecule has 1 aromatic rings. The van der Waals surface area contributed by atoms with Crippen LogP contribution in [0.5, 0.6) is 5.75 Å². The van der Waals surface area contributed by atoms with E-state index in [1.807, 2.05) is 0 Å². The number of aliphatic carboxylic acids is 1. The van der Waals surface area contributed by atoms with Crippen molar-refractivity contribution < 1.29 is 19.4 Å². The number of halogens is 2. The summed E-state index contributed by atoms with van der Waals surface area (Å²) in [5.74, 6) is -1.86. The molecule has 0 unspecified atom stereocenters. The van der Waals surface area contributed by atoms with Crippen molar-refractivity contribution in [2.24, 2.45) is 0 Å². The Labute approximate surface area is 88.3 Å². The number of hydrogen-bond acceptors (Lipinski definition) is 2. The van der Waals surface area contributed by atoms with Gasteiger partial charge < -0.3 is 10.2 Å². The normalized spacial score (nSPS) is 10.2. The molecule has 3 nitrogen and oxygen atoms in total. The minimum Gasteiger partial charge on any atom is -0.506 e. The zero-order valence-electron chi connectivity index (χ0n) is 7.34. The minimum atomic E-state index is -1.11. The zero-order valence-corrected chi connectivity index (χ0v) is 8.93. The summed E-state index contributed by atoms with van der Waals surface area (Å²) >= 11 is 2.94. The number of phenols is 1. The molecule has 0 radical (unpaired) electrons. The highest BCUT2D eigenvalue weighted by atomic mass is 79.9. The van der Waals surface area contributed by atoms with Crippen LogP contribution in [0.1, 0.15) is 11.1 Å². The molecule has 5 heteroatoms. The van der Waals surface area contributed by atoms with Crippen molar-refractivity contribution >= 4 is 21.9 Å². The van der Waals surface area contributed by atoms with Gasteiger partial charge in [0.1, 0.15) is 11.6 Å². The van der Waals surface area contributed by atoms with Crippen LogP contribution in [0.15, 0.2) is 10.5 Å². The third-order valence-electron chi connectivity index (χ3n) is 1.90. The molecule has 14 heavy (non-hydrogen) atoms. The SMILES string of the molecule is Cc1c(F)cc(Br)c(O)c1CC(=O)O. The van der Waals surface area contributed by atoms with Gasteiger partial charge in [-0.05, 0) is 34.5 Å². The molecule has 0 aliphatic heterocycles. The van der Waals surface area contributed by atoms with Crippen LogP contribution in [-0.2, 0) is 11.2 Å². The van der Waals surface area contributed by atoms with Gasteiger partial charge in [-0.25, -0.2) is 4.39 Å². The molecule has 0 amide bonds. The summed E-state index contributed by atoms with van der Waals surface area (Å²) in [5, 5.41) is 18.0. The largest absolute Gasteiger partial charge is 0.506 e. The standard InChI is InChI=1S/C9H8BrFO3/c1-4-5(2-8(12)13)9(14)6(10)3-7(4)11/h3,14H,2H2,1H3,(H,12,13). The molecular formula is C9H8BrFO3. The lowest BCUT2D eigenvalue weighted by atomic mass is 10.0. The average Bonchev–Trinajstić information content (AvgIpc) is 2.09. The van der Waals surface area contributed by atoms with Crippen LogP contribution in [0.25, 0.3) is 0 Å². The second-order valence-electron chi connectivity index (χ2n) is 2.86. The predicted octanol–water partition coefficient (Wildman–Crippen LogP) is 2.23. The first-order valence-corrected chi connectivity index (χ1v) is 4.61. The van der Waals surface area contributed by atoms with E-state index in [2.05, 4.69) is 15.9 Å². The molecule has 0 bridgehead atoms. The minimum absolute atomic E-state index is 0.101. The van der Waals surface area contributed by atoms with Crippen LogP contribution < -0.4 is 0 Å². The first kappa shape index (κ1) is 11.0. The summed E-state index contributed by atoms with van der Waals surface area (Å²) in [4.78, 5) is 10.4. The molecule has 0 aliphatic carbocycles. The Bertz CT molecular complexity index is 364. The number of carbonyl (C=O) groups is 1. The fraction of sp³-hybridized carbons (Fsp3) is 0.222. The number of phenolic OH excluding ortho intramolecular Hbond substituents is 1. The third kappa shape index (κ3) is 2.04. The Hall–Kier alpha value is -1.10. The number of carboxylic acid groups (broad SMARTS) is 1. The van der Waals surface area contributed by atoms with Crippen LogP contribution in [0, 0.1) is 12.7 Å². The third-order valence-corrected chi connectivity index (χ3v) is 2.51. The summed E-state index contributed by atoms with van der Waals surface area (Å²) in [6.07, 6.45) is -0.395. The quantitative estimate of drug-likeness (QED) is 0.860. The summed E-state index contributed by atoms with van der Waals surface area (Å²) in [7, 11) is 0. The van der Waals surface area contributed by atoms with Crippen molar-refractivity contribution in [2.75, 3.05) is 0 Å². The van der Waals surface area contributed by atoms with Crippen molar-refractivity contribution in [2.45, 2.75) is 13.3 Å². The van der Waals surface area contributed by atoms with Gasteiger partial charge in [0.25, 0.3) is 0 Å². The molecule has 76 valence electrons. The van der Waals surface area contributed by atoms with E-state index < -0.39 is 18.2 Å². The highest BCUT2D eigenvalue weighted by Gasteiger charge is 2.15. The lowest BCUT2D eigenvalue weighted by molar-refractivity contribution is -0.136. The maximum absolute atomic E-state index is 13.1. The highest BCUT2D eigenvalue weighted by Crippen LogP contribution is 2.32. The van der Waals surface area contributed by atoms with Gasteiger partial charge in [-0.2, -0.15) is 0 Å². The van der Waals surface area contributed by atoms with E-state index in [-0.39, 0.29) is 21.3 Å². The maximum Gasteiger partial charge on any atom is 0.307 e. The summed E-state index contributed by atoms with van der Waals surface area (Å²) in [5.41, 5.74) is 0.262. The van der Waals surface area contributed by atoms with Gasteiger partial charge in [-0.1, -0.05) is 0 Å². The van der Waals surface area contributed by atoms with E-state index in [9.17, 15) is 14.3 Å². The maximum atomic E-state index is 13.1. The van der Waals surface area contributed by atoms with Crippen LogP contribution >= 0.6 is 15.9 Å². The van der Waals surface area contributed by atoms with Crippen LogP contribution in [0.3, 0.4) is 0 Å². The van der Waals surface area contributed by atoms with E-state index in [0.29, 0.717) is 0 Å². The molecule has 0 aliphatic rings. The number of carboxylic acids is 1. The molecule has 0 heterocycles. The fourth-order valence-corrected chi connectivity index (χ4v) is 1.56. The number of hydrogen-bond donors (Lipinski definition) is 2. The van der Waals surface area contributed by atoms with Gasteiger partial charge in [0.2, 0.25) is 0 Å². The first-order chi connectivity index (χ1) is 6.43. The van der Waals surface area contributed by atoms with Crippen molar-refractivity contribution in [1.82, 2.24) is 0 Å². The van der Waals surface area contributed by atoms with Gasteiger partial charge in [-0.15, -0.1) is 0 Å². The monoisotopic (exact) mass is 262 g/mol. The van der Waals surface area contributed by atoms with E-state index in [1.54, 1.807) is 0 Å². The van der Waals surface area contributed by atoms with E-state index in [4.69, 9.17) is 5.11 Å².